The molecule has 1 unspecified atom stereocenters. The van der Waals surface area contributed by atoms with Crippen LogP contribution in [0, 0.1) is 5.92 Å². The van der Waals surface area contributed by atoms with Crippen LogP contribution in [-0.2, 0) is 9.53 Å². The Kier molecular flexibility index (Phi) is 4.33. The first-order valence-electron chi connectivity index (χ1n) is 5.56. The average Bonchev–Trinajstić information content (AvgIpc) is 2.19. The third-order valence-electron chi connectivity index (χ3n) is 3.19. The second-order valence-corrected chi connectivity index (χ2v) is 4.49. The number of methoxy groups -OCH3 is 1. The van der Waals surface area contributed by atoms with E-state index in [0.717, 1.165) is 6.42 Å². The van der Waals surface area contributed by atoms with E-state index in [4.69, 9.17) is 4.74 Å². The minimum absolute atomic E-state index is 0.170. The summed E-state index contributed by atoms with van der Waals surface area (Å²) in [7, 11) is 1.44. The lowest BCUT2D eigenvalue weighted by molar-refractivity contribution is -0.149. The second kappa shape index (κ2) is 5.31. The third kappa shape index (κ3) is 3.06. The highest BCUT2D eigenvalue weighted by Crippen LogP contribution is 2.34. The smallest absolute Gasteiger partial charge is 0.325 e. The summed E-state index contributed by atoms with van der Waals surface area (Å²) in [4.78, 5) is 11.7. The minimum atomic E-state index is -0.548. The molecule has 0 aromatic carbocycles. The zero-order valence-electron chi connectivity index (χ0n) is 9.71. The molecule has 3 heteroatoms. The van der Waals surface area contributed by atoms with Gasteiger partial charge in [-0.3, -0.25) is 10.1 Å². The van der Waals surface area contributed by atoms with E-state index >= 15 is 0 Å². The number of nitrogens with one attached hydrogen (secondary N) is 1. The Hall–Kier alpha value is -0.830. The predicted octanol–water partition coefficient (Wildman–Crippen LogP) is 1.88. The van der Waals surface area contributed by atoms with Gasteiger partial charge in [0, 0.05) is 6.54 Å². The van der Waals surface area contributed by atoms with Gasteiger partial charge in [-0.2, -0.15) is 0 Å². The minimum Gasteiger partial charge on any atom is -0.468 e. The van der Waals surface area contributed by atoms with Gasteiger partial charge in [0.2, 0.25) is 0 Å². The maximum absolute atomic E-state index is 11.7. The molecule has 1 aliphatic rings. The van der Waals surface area contributed by atoms with E-state index < -0.39 is 5.54 Å². The van der Waals surface area contributed by atoms with Gasteiger partial charge in [-0.25, -0.2) is 0 Å². The number of rotatable bonds is 6. The number of esters is 1. The first-order valence-corrected chi connectivity index (χ1v) is 5.56. The first kappa shape index (κ1) is 12.2. The molecule has 1 saturated carbocycles. The Morgan fingerprint density at radius 3 is 2.73 bits per heavy atom. The van der Waals surface area contributed by atoms with E-state index in [9.17, 15) is 4.79 Å². The monoisotopic (exact) mass is 211 g/mol. The fourth-order valence-corrected chi connectivity index (χ4v) is 2.02. The SMILES string of the molecule is C=CCNC(C)(CC1CCC1)C(=O)OC. The number of carbonyl (C=O) groups excluding carboxylic acids is 1. The summed E-state index contributed by atoms with van der Waals surface area (Å²) in [6.07, 6.45) is 6.41. The van der Waals surface area contributed by atoms with Crippen molar-refractivity contribution in [3.63, 3.8) is 0 Å². The van der Waals surface area contributed by atoms with Crippen molar-refractivity contribution in [2.45, 2.75) is 38.1 Å². The zero-order chi connectivity index (χ0) is 11.3. The summed E-state index contributed by atoms with van der Waals surface area (Å²) >= 11 is 0. The average molecular weight is 211 g/mol. The Morgan fingerprint density at radius 1 is 1.67 bits per heavy atom. The van der Waals surface area contributed by atoms with Crippen LogP contribution in [0.4, 0.5) is 0 Å². The van der Waals surface area contributed by atoms with Gasteiger partial charge in [0.25, 0.3) is 0 Å². The van der Waals surface area contributed by atoms with Crippen molar-refractivity contribution in [3.05, 3.63) is 12.7 Å². The van der Waals surface area contributed by atoms with Crippen LogP contribution >= 0.6 is 0 Å². The lowest BCUT2D eigenvalue weighted by Crippen LogP contribution is -2.52. The standard InChI is InChI=1S/C12H21NO2/c1-4-8-13-12(2,11(14)15-3)9-10-6-5-7-10/h4,10,13H,1,5-9H2,2-3H3. The number of hydrogen-bond acceptors (Lipinski definition) is 3. The van der Waals surface area contributed by atoms with Crippen LogP contribution in [0.5, 0.6) is 0 Å². The topological polar surface area (TPSA) is 38.3 Å². The fraction of sp³-hybridized carbons (Fsp3) is 0.750. The van der Waals surface area contributed by atoms with Crippen LogP contribution in [0.3, 0.4) is 0 Å². The molecule has 86 valence electrons. The largest absolute Gasteiger partial charge is 0.468 e. The Balaban J connectivity index is 2.56. The summed E-state index contributed by atoms with van der Waals surface area (Å²) < 4.78 is 4.85. The van der Waals surface area contributed by atoms with E-state index in [1.807, 2.05) is 6.92 Å². The molecule has 1 N–H and O–H groups in total. The van der Waals surface area contributed by atoms with E-state index in [-0.39, 0.29) is 5.97 Å². The first-order chi connectivity index (χ1) is 7.12. The molecule has 0 spiro atoms. The van der Waals surface area contributed by atoms with E-state index in [1.54, 1.807) is 6.08 Å². The van der Waals surface area contributed by atoms with Crippen LogP contribution in [0.25, 0.3) is 0 Å². The van der Waals surface area contributed by atoms with Crippen LogP contribution in [0.1, 0.15) is 32.6 Å². The lowest BCUT2D eigenvalue weighted by atomic mass is 9.76. The molecule has 0 heterocycles. The van der Waals surface area contributed by atoms with Gasteiger partial charge in [0.05, 0.1) is 7.11 Å². The Labute approximate surface area is 91.9 Å². The molecule has 0 aliphatic heterocycles. The highest BCUT2D eigenvalue weighted by Gasteiger charge is 2.37. The highest BCUT2D eigenvalue weighted by molar-refractivity contribution is 5.80. The molecule has 0 bridgehead atoms. The van der Waals surface area contributed by atoms with Crippen LogP contribution in [0.2, 0.25) is 0 Å². The lowest BCUT2D eigenvalue weighted by Gasteiger charge is -2.35. The van der Waals surface area contributed by atoms with E-state index in [0.29, 0.717) is 12.5 Å². The molecule has 0 radical (unpaired) electrons. The molecule has 1 rings (SSSR count). The number of carbonyl (C=O) groups is 1. The molecule has 15 heavy (non-hydrogen) atoms. The molecular weight excluding hydrogens is 190 g/mol. The zero-order valence-corrected chi connectivity index (χ0v) is 9.71. The Bertz CT molecular complexity index is 236. The van der Waals surface area contributed by atoms with Gasteiger partial charge < -0.3 is 4.74 Å². The molecule has 3 nitrogen and oxygen atoms in total. The summed E-state index contributed by atoms with van der Waals surface area (Å²) in [5.74, 6) is 0.502. The summed E-state index contributed by atoms with van der Waals surface area (Å²) in [5, 5.41) is 3.20. The van der Waals surface area contributed by atoms with Gasteiger partial charge in [-0.15, -0.1) is 6.58 Å². The quantitative estimate of drug-likeness (QED) is 0.538. The van der Waals surface area contributed by atoms with Crippen molar-refractivity contribution in [3.8, 4) is 0 Å². The molecule has 1 fully saturated rings. The maximum Gasteiger partial charge on any atom is 0.325 e. The maximum atomic E-state index is 11.7. The van der Waals surface area contributed by atoms with E-state index in [1.165, 1.54) is 26.4 Å². The van der Waals surface area contributed by atoms with Gasteiger partial charge in [-0.05, 0) is 19.3 Å². The molecule has 1 atom stereocenters. The van der Waals surface area contributed by atoms with Crippen molar-refractivity contribution in [1.29, 1.82) is 0 Å². The highest BCUT2D eigenvalue weighted by atomic mass is 16.5. The van der Waals surface area contributed by atoms with Crippen LogP contribution in [0.15, 0.2) is 12.7 Å². The summed E-state index contributed by atoms with van der Waals surface area (Å²) in [6, 6.07) is 0. The summed E-state index contributed by atoms with van der Waals surface area (Å²) in [5.41, 5.74) is -0.548. The van der Waals surface area contributed by atoms with E-state index in [2.05, 4.69) is 11.9 Å². The van der Waals surface area contributed by atoms with Gasteiger partial charge in [0.15, 0.2) is 0 Å². The van der Waals surface area contributed by atoms with Crippen molar-refractivity contribution >= 4 is 5.97 Å². The van der Waals surface area contributed by atoms with Gasteiger partial charge >= 0.3 is 5.97 Å². The van der Waals surface area contributed by atoms with Crippen molar-refractivity contribution in [2.24, 2.45) is 5.92 Å². The van der Waals surface area contributed by atoms with Gasteiger partial charge in [0.1, 0.15) is 5.54 Å². The molecule has 0 amide bonds. The fourth-order valence-electron chi connectivity index (χ4n) is 2.02. The predicted molar refractivity (Wildman–Crippen MR) is 60.6 cm³/mol. The molecule has 0 aromatic rings. The Morgan fingerprint density at radius 2 is 2.33 bits per heavy atom. The summed E-state index contributed by atoms with van der Waals surface area (Å²) in [6.45, 7) is 6.20. The second-order valence-electron chi connectivity index (χ2n) is 4.49. The van der Waals surface area contributed by atoms with Crippen molar-refractivity contribution < 1.29 is 9.53 Å². The normalized spacial score (nSPS) is 20.1. The molecule has 0 saturated heterocycles. The van der Waals surface area contributed by atoms with Crippen molar-refractivity contribution in [1.82, 2.24) is 5.32 Å². The van der Waals surface area contributed by atoms with Crippen LogP contribution in [-0.4, -0.2) is 25.2 Å². The molecule has 0 aromatic heterocycles. The number of ether oxygens (including phenoxy) is 1. The van der Waals surface area contributed by atoms with Gasteiger partial charge in [-0.1, -0.05) is 25.3 Å². The number of hydrogen-bond donors (Lipinski definition) is 1. The third-order valence-corrected chi connectivity index (χ3v) is 3.19. The van der Waals surface area contributed by atoms with Crippen molar-refractivity contribution in [2.75, 3.05) is 13.7 Å². The molecule has 1 aliphatic carbocycles. The molecular formula is C12H21NO2. The van der Waals surface area contributed by atoms with Crippen LogP contribution < -0.4 is 5.32 Å².